The summed E-state index contributed by atoms with van der Waals surface area (Å²) in [6.07, 6.45) is 0. The summed E-state index contributed by atoms with van der Waals surface area (Å²) >= 11 is 0. The minimum atomic E-state index is -1.17. The first-order valence-electron chi connectivity index (χ1n) is 0.874. The summed E-state index contributed by atoms with van der Waals surface area (Å²) in [5, 5.41) is 9.19. The molecule has 7 nitrogen and oxygen atoms in total. The van der Waals surface area contributed by atoms with Crippen LogP contribution in [0.1, 0.15) is 0 Å². The first kappa shape index (κ1) is 33.0. The Morgan fingerprint density at radius 2 is 1.00 bits per heavy atom. The van der Waals surface area contributed by atoms with Crippen LogP contribution in [0.2, 0.25) is 0 Å². The zero-order valence-electron chi connectivity index (χ0n) is 4.80. The van der Waals surface area contributed by atoms with Gasteiger partial charge in [-0.2, -0.15) is 0 Å². The van der Waals surface area contributed by atoms with E-state index in [-0.39, 0.29) is 51.5 Å². The topological polar surface area (TPSA) is 174 Å². The van der Waals surface area contributed by atoms with Crippen molar-refractivity contribution >= 4 is 7.32 Å². The van der Waals surface area contributed by atoms with Gasteiger partial charge in [0.1, 0.15) is 0 Å². The van der Waals surface area contributed by atoms with Crippen molar-refractivity contribution in [2.75, 3.05) is 0 Å². The maximum absolute atomic E-state index is 9.19. The molecule has 9 heavy (non-hydrogen) atoms. The molecule has 0 atom stereocenters. The van der Waals surface area contributed by atoms with Gasteiger partial charge in [0.2, 0.25) is 0 Å². The fourth-order valence-corrected chi connectivity index (χ4v) is 0.0227. The number of hydrogen-bond donors (Lipinski definition) is 0. The van der Waals surface area contributed by atoms with E-state index in [1.165, 1.54) is 0 Å². The molecule has 1 saturated heterocycles. The van der Waals surface area contributed by atoms with E-state index in [0.717, 1.165) is 0 Å². The van der Waals surface area contributed by atoms with Crippen LogP contribution in [0.15, 0.2) is 0 Å². The first-order chi connectivity index (χ1) is 1.89. The van der Waals surface area contributed by atoms with Gasteiger partial charge in [0.05, 0.1) is 0 Å². The second-order valence-electron chi connectivity index (χ2n) is 0.481. The average molecular weight is 154 g/mol. The van der Waals surface area contributed by atoms with E-state index >= 15 is 0 Å². The van der Waals surface area contributed by atoms with Crippen molar-refractivity contribution in [1.82, 2.24) is 0 Å². The van der Waals surface area contributed by atoms with Gasteiger partial charge in [-0.05, 0) is 0 Å². The summed E-state index contributed by atoms with van der Waals surface area (Å²) in [5.74, 6) is 0. The summed E-state index contributed by atoms with van der Waals surface area (Å²) in [6.45, 7) is 0. The van der Waals surface area contributed by atoms with Gasteiger partial charge >= 0.3 is 36.9 Å². The second-order valence-corrected chi connectivity index (χ2v) is 0.481. The molecule has 1 aliphatic rings. The molecule has 0 spiro atoms. The van der Waals surface area contributed by atoms with Gasteiger partial charge in [-0.25, -0.2) is 0 Å². The molecule has 1 aliphatic heterocycles. The SMILES string of the molecule is O.O.O.O.[Na+].[O-]B1OO1. The van der Waals surface area contributed by atoms with Crippen molar-refractivity contribution in [3.8, 4) is 0 Å². The van der Waals surface area contributed by atoms with Crippen LogP contribution in [0.5, 0.6) is 0 Å². The van der Waals surface area contributed by atoms with Gasteiger partial charge < -0.3 is 26.9 Å². The Morgan fingerprint density at radius 3 is 1.00 bits per heavy atom. The molecule has 0 aromatic heterocycles. The zero-order chi connectivity index (χ0) is 2.99. The summed E-state index contributed by atoms with van der Waals surface area (Å²) in [4.78, 5) is 7.31. The van der Waals surface area contributed by atoms with Crippen LogP contribution in [-0.4, -0.2) is 29.2 Å². The molecule has 0 aromatic rings. The minimum Gasteiger partial charge on any atom is -0.828 e. The van der Waals surface area contributed by atoms with E-state index in [1.807, 2.05) is 0 Å². The monoisotopic (exact) mass is 154 g/mol. The van der Waals surface area contributed by atoms with Gasteiger partial charge in [-0.1, -0.05) is 0 Å². The molecule has 9 heteroatoms. The van der Waals surface area contributed by atoms with E-state index in [9.17, 15) is 5.02 Å². The van der Waals surface area contributed by atoms with E-state index < -0.39 is 7.32 Å². The third kappa shape index (κ3) is 28.2. The Balaban J connectivity index is -0.0000000107. The molecular formula is H8BNaO7. The number of hydrogen-bond acceptors (Lipinski definition) is 3. The van der Waals surface area contributed by atoms with Gasteiger partial charge in [0.15, 0.2) is 0 Å². The van der Waals surface area contributed by atoms with E-state index in [0.29, 0.717) is 0 Å². The van der Waals surface area contributed by atoms with Gasteiger partial charge in [0, 0.05) is 0 Å². The third-order valence-corrected chi connectivity index (χ3v) is 0.175. The molecule has 0 amide bonds. The molecule has 0 radical (unpaired) electrons. The van der Waals surface area contributed by atoms with Crippen molar-refractivity contribution in [3.63, 3.8) is 0 Å². The molecule has 0 aliphatic carbocycles. The smallest absolute Gasteiger partial charge is 0.828 e. The first-order valence-corrected chi connectivity index (χ1v) is 0.874. The summed E-state index contributed by atoms with van der Waals surface area (Å²) in [7, 11) is -1.17. The molecule has 0 bridgehead atoms. The summed E-state index contributed by atoms with van der Waals surface area (Å²) < 4.78 is 0. The van der Waals surface area contributed by atoms with E-state index in [4.69, 9.17) is 0 Å². The summed E-state index contributed by atoms with van der Waals surface area (Å²) in [6, 6.07) is 0. The molecule has 8 N–H and O–H groups in total. The minimum absolute atomic E-state index is 0. The maximum atomic E-state index is 9.19. The third-order valence-electron chi connectivity index (χ3n) is 0.175. The van der Waals surface area contributed by atoms with Crippen LogP contribution in [0, 0.1) is 0 Å². The molecule has 1 rings (SSSR count). The Morgan fingerprint density at radius 1 is 0.889 bits per heavy atom. The Hall–Kier alpha value is 0.785. The van der Waals surface area contributed by atoms with Gasteiger partial charge in [-0.3, -0.25) is 9.61 Å². The van der Waals surface area contributed by atoms with Crippen molar-refractivity contribution in [1.29, 1.82) is 0 Å². The second kappa shape index (κ2) is 15.9. The van der Waals surface area contributed by atoms with Crippen molar-refractivity contribution in [3.05, 3.63) is 0 Å². The van der Waals surface area contributed by atoms with Crippen LogP contribution < -0.4 is 34.6 Å². The average Bonchev–Trinajstić information content (AvgIpc) is 1.75. The standard InChI is InChI=1S/BO3.Na.4H2O/c2-1-3-4-1;;;;;/h;;4*1H2/q-1;+1;;;;. The normalized spacial score (nSPS) is 9.67. The number of rotatable bonds is 0. The predicted octanol–water partition coefficient (Wildman–Crippen LogP) is -8.00. The van der Waals surface area contributed by atoms with Crippen LogP contribution in [0.4, 0.5) is 0 Å². The Bertz CT molecular complexity index is 28.1. The van der Waals surface area contributed by atoms with Crippen molar-refractivity contribution in [2.45, 2.75) is 0 Å². The van der Waals surface area contributed by atoms with Crippen molar-refractivity contribution in [2.24, 2.45) is 0 Å². The summed E-state index contributed by atoms with van der Waals surface area (Å²) in [5.41, 5.74) is 0. The molecule has 1 fully saturated rings. The van der Waals surface area contributed by atoms with E-state index in [1.54, 1.807) is 0 Å². The van der Waals surface area contributed by atoms with Crippen LogP contribution in [-0.2, 0) is 9.61 Å². The predicted molar refractivity (Wildman–Crippen MR) is 22.4 cm³/mol. The van der Waals surface area contributed by atoms with Gasteiger partial charge in [-0.15, -0.1) is 0 Å². The molecule has 0 aromatic carbocycles. The molecular weight excluding hydrogens is 146 g/mol. The fraction of sp³-hybridized carbons (Fsp3) is 0. The van der Waals surface area contributed by atoms with Crippen LogP contribution in [0.25, 0.3) is 0 Å². The Labute approximate surface area is 73.6 Å². The van der Waals surface area contributed by atoms with Gasteiger partial charge in [0.25, 0.3) is 0 Å². The molecule has 0 saturated carbocycles. The zero-order valence-corrected chi connectivity index (χ0v) is 6.80. The van der Waals surface area contributed by atoms with Crippen LogP contribution >= 0.6 is 0 Å². The molecule has 54 valence electrons. The van der Waals surface area contributed by atoms with Crippen molar-refractivity contribution < 1.29 is 66.1 Å². The largest absolute Gasteiger partial charge is 1.00 e. The quantitative estimate of drug-likeness (QED) is 0.191. The fourth-order valence-electron chi connectivity index (χ4n) is 0.0227. The Kier molecular flexibility index (Phi) is 58.3. The molecule has 1 heterocycles. The van der Waals surface area contributed by atoms with Crippen LogP contribution in [0.3, 0.4) is 0 Å². The maximum Gasteiger partial charge on any atom is 1.00 e. The molecule has 0 unspecified atom stereocenters. The van der Waals surface area contributed by atoms with E-state index in [2.05, 4.69) is 9.61 Å².